The van der Waals surface area contributed by atoms with Crippen molar-refractivity contribution in [3.05, 3.63) is 157 Å². The molecule has 88 heavy (non-hydrogen) atoms. The maximum atomic E-state index is 14.9. The van der Waals surface area contributed by atoms with Crippen molar-refractivity contribution >= 4 is 71.0 Å². The fourth-order valence-electron chi connectivity index (χ4n) is 9.39. The fourth-order valence-corrected chi connectivity index (χ4v) is 10.6. The summed E-state index contributed by atoms with van der Waals surface area (Å²) in [6.45, 7) is 0.193. The molecule has 0 radical (unpaired) electrons. The van der Waals surface area contributed by atoms with Crippen molar-refractivity contribution < 1.29 is 77.2 Å². The van der Waals surface area contributed by atoms with Crippen molar-refractivity contribution in [3.63, 3.8) is 0 Å². The Labute approximate surface area is 506 Å². The van der Waals surface area contributed by atoms with E-state index in [1.165, 1.54) is 25.1 Å². The van der Waals surface area contributed by atoms with E-state index in [9.17, 15) is 86.7 Å². The Morgan fingerprint density at radius 1 is 0.636 bits per heavy atom. The molecule has 25 nitrogen and oxygen atoms in total. The summed E-state index contributed by atoms with van der Waals surface area (Å²) < 4.78 is 32.0. The van der Waals surface area contributed by atoms with Crippen LogP contribution in [-0.4, -0.2) is 149 Å². The van der Waals surface area contributed by atoms with Crippen molar-refractivity contribution in [3.8, 4) is 16.9 Å². The number of benzene rings is 4. The van der Waals surface area contributed by atoms with Gasteiger partial charge in [-0.3, -0.25) is 52.4 Å². The van der Waals surface area contributed by atoms with E-state index in [-0.39, 0.29) is 86.0 Å². The summed E-state index contributed by atoms with van der Waals surface area (Å²) in [6.07, 6.45) is -1.80. The number of nitrogens with zero attached hydrogens (tertiary/aromatic N) is 3. The zero-order valence-corrected chi connectivity index (χ0v) is 48.5. The van der Waals surface area contributed by atoms with Gasteiger partial charge in [0.25, 0.3) is 5.56 Å². The number of carboxylic acid groups (broad SMARTS) is 3. The van der Waals surface area contributed by atoms with E-state index >= 15 is 0 Å². The van der Waals surface area contributed by atoms with Crippen molar-refractivity contribution in [2.75, 3.05) is 25.4 Å². The molecule has 1 aromatic heterocycles. The van der Waals surface area contributed by atoms with Gasteiger partial charge in [0.05, 0.1) is 17.4 Å². The Balaban J connectivity index is 0.932. The number of rotatable bonds is 33. The van der Waals surface area contributed by atoms with E-state index in [0.29, 0.717) is 17.5 Å². The van der Waals surface area contributed by atoms with Crippen molar-refractivity contribution in [2.24, 2.45) is 5.73 Å². The number of halogens is 2. The lowest BCUT2D eigenvalue weighted by atomic mass is 10.00. The number of imide groups is 1. The number of aromatic nitrogens is 2. The SMILES string of the molecule is Cc1c(-c2cccc(CCC(=O)NC(CCC(=O)NC(CCC(=O)NCC(N)C(=O)NC(CSC3CC(=O)N(CCNC(=O)CCc4ccc(O)cc4)C3=O)C(=O)O)C(=O)O)C(=O)O)c2)c(=O)n(CCc2ccccc2)c(=O)n1Cc1c(F)cccc1F. The van der Waals surface area contributed by atoms with Crippen LogP contribution in [0.5, 0.6) is 5.75 Å². The van der Waals surface area contributed by atoms with Gasteiger partial charge in [-0.2, -0.15) is 0 Å². The Morgan fingerprint density at radius 2 is 1.19 bits per heavy atom. The lowest BCUT2D eigenvalue weighted by Crippen LogP contribution is -2.53. The van der Waals surface area contributed by atoms with Gasteiger partial charge in [-0.25, -0.2) is 28.0 Å². The molecule has 0 aliphatic carbocycles. The number of carboxylic acids is 3. The molecule has 5 aromatic rings. The molecule has 2 heterocycles. The van der Waals surface area contributed by atoms with E-state index in [1.54, 1.807) is 48.5 Å². The highest BCUT2D eigenvalue weighted by Crippen LogP contribution is 2.26. The molecule has 7 amide bonds. The molecule has 1 aliphatic rings. The molecule has 0 saturated carbocycles. The maximum Gasteiger partial charge on any atom is 0.331 e. The first-order valence-corrected chi connectivity index (χ1v) is 29.0. The molecule has 28 heteroatoms. The summed E-state index contributed by atoms with van der Waals surface area (Å²) >= 11 is 0.810. The number of phenols is 1. The van der Waals surface area contributed by atoms with Crippen LogP contribution in [0.1, 0.15) is 72.9 Å². The van der Waals surface area contributed by atoms with Crippen LogP contribution in [0.3, 0.4) is 0 Å². The topological polar surface area (TPSA) is 385 Å². The van der Waals surface area contributed by atoms with Gasteiger partial charge in [0.15, 0.2) is 0 Å². The minimum Gasteiger partial charge on any atom is -0.508 e. The summed E-state index contributed by atoms with van der Waals surface area (Å²) in [6, 6.07) is 18.7. The van der Waals surface area contributed by atoms with Crippen LogP contribution < -0.4 is 43.6 Å². The number of aromatic hydroxyl groups is 1. The van der Waals surface area contributed by atoms with Gasteiger partial charge in [0, 0.05) is 75.3 Å². The second-order valence-electron chi connectivity index (χ2n) is 20.7. The van der Waals surface area contributed by atoms with Crippen LogP contribution in [0.25, 0.3) is 11.1 Å². The van der Waals surface area contributed by atoms with Crippen LogP contribution in [-0.2, 0) is 80.3 Å². The second kappa shape index (κ2) is 32.2. The first-order chi connectivity index (χ1) is 41.9. The number of phenolic OH excluding ortho intramolecular Hbond substituents is 1. The number of carbonyl (C=O) groups is 10. The van der Waals surface area contributed by atoms with Crippen molar-refractivity contribution in [1.82, 2.24) is 40.6 Å². The summed E-state index contributed by atoms with van der Waals surface area (Å²) in [5, 5.41) is 49.7. The number of hydrogen-bond acceptors (Lipinski definition) is 15. The van der Waals surface area contributed by atoms with Crippen LogP contribution >= 0.6 is 11.8 Å². The largest absolute Gasteiger partial charge is 0.508 e. The molecule has 0 bridgehead atoms. The Kier molecular flexibility index (Phi) is 24.8. The number of hydrogen-bond donors (Lipinski definition) is 10. The minimum atomic E-state index is -1.65. The fraction of sp³-hybridized carbons (Fsp3) is 0.367. The molecule has 0 spiro atoms. The van der Waals surface area contributed by atoms with Gasteiger partial charge in [-0.05, 0) is 85.5 Å². The third-order valence-corrected chi connectivity index (χ3v) is 15.6. The number of thioether (sulfide) groups is 1. The Morgan fingerprint density at radius 3 is 1.83 bits per heavy atom. The monoisotopic (exact) mass is 1240 g/mol. The zero-order chi connectivity index (χ0) is 64.2. The predicted octanol–water partition coefficient (Wildman–Crippen LogP) is 1.51. The molecule has 11 N–H and O–H groups in total. The van der Waals surface area contributed by atoms with Crippen LogP contribution in [0.4, 0.5) is 8.78 Å². The number of carbonyl (C=O) groups excluding carboxylic acids is 7. The number of nitrogens with one attached hydrogen (secondary N) is 5. The smallest absolute Gasteiger partial charge is 0.331 e. The quantitative estimate of drug-likeness (QED) is 0.0266. The van der Waals surface area contributed by atoms with Crippen LogP contribution in [0.2, 0.25) is 0 Å². The van der Waals surface area contributed by atoms with E-state index in [0.717, 1.165) is 49.1 Å². The second-order valence-corrected chi connectivity index (χ2v) is 21.9. The molecule has 1 saturated heterocycles. The van der Waals surface area contributed by atoms with Gasteiger partial charge in [-0.1, -0.05) is 72.8 Å². The van der Waals surface area contributed by atoms with Crippen LogP contribution in [0, 0.1) is 18.6 Å². The lowest BCUT2D eigenvalue weighted by molar-refractivity contribution is -0.143. The number of aliphatic carboxylic acids is 3. The van der Waals surface area contributed by atoms with E-state index in [2.05, 4.69) is 26.6 Å². The molecule has 6 rings (SSSR count). The molecule has 5 atom stereocenters. The molecule has 1 aliphatic heterocycles. The number of aryl methyl sites for hydroxylation is 3. The number of nitrogens with two attached hydrogens (primary N) is 1. The summed E-state index contributed by atoms with van der Waals surface area (Å²) in [7, 11) is 0. The molecular formula is C60H67F2N9O16S. The number of amides is 7. The standard InChI is InChI=1S/C60H67F2N9O16S/c1-34-53(56(80)70(27-25-35-7-3-2-4-8-35)60(87)71(34)32-40-41(61)11-6-12-42(40)62)38-10-5-9-37(29-38)16-22-50(75)66-45(58(83)84)20-24-51(76)67-44(57(81)82)19-23-49(74)65-31-43(63)54(78)68-46(59(85)86)33-88-47-30-52(77)69(55(47)79)28-26-64-48(73)21-15-36-13-17-39(72)18-14-36/h2-14,17-18,29,43-47,72H,15-16,19-28,30-33,63H2,1H3,(H,64,73)(H,65,74)(H,66,75)(H,67,76)(H,68,78)(H,81,82)(H,83,84)(H,85,86). The average Bonchev–Trinajstić information content (AvgIpc) is 3.92. The molecule has 4 aromatic carbocycles. The Hall–Kier alpha value is -9.57. The van der Waals surface area contributed by atoms with Gasteiger partial charge < -0.3 is 52.7 Å². The van der Waals surface area contributed by atoms with Gasteiger partial charge >= 0.3 is 23.6 Å². The zero-order valence-electron chi connectivity index (χ0n) is 47.7. The summed E-state index contributed by atoms with van der Waals surface area (Å²) in [5.74, 6) is -11.6. The first kappa shape index (κ1) is 67.6. The Bertz CT molecular complexity index is 3510. The highest BCUT2D eigenvalue weighted by Gasteiger charge is 2.40. The predicted molar refractivity (Wildman–Crippen MR) is 314 cm³/mol. The summed E-state index contributed by atoms with van der Waals surface area (Å²) in [4.78, 5) is 155. The van der Waals surface area contributed by atoms with Gasteiger partial charge in [0.2, 0.25) is 41.4 Å². The minimum absolute atomic E-state index is 0.0134. The van der Waals surface area contributed by atoms with E-state index < -0.39 is 144 Å². The van der Waals surface area contributed by atoms with Crippen molar-refractivity contribution in [2.45, 2.75) is 114 Å². The normalized spacial score (nSPS) is 14.3. The molecule has 468 valence electrons. The van der Waals surface area contributed by atoms with E-state index in [4.69, 9.17) is 5.73 Å². The van der Waals surface area contributed by atoms with Gasteiger partial charge in [0.1, 0.15) is 41.6 Å². The lowest BCUT2D eigenvalue weighted by Gasteiger charge is -2.20. The number of likely N-dealkylation sites (tertiary alicyclic amines) is 1. The average molecular weight is 1240 g/mol. The first-order valence-electron chi connectivity index (χ1n) is 27.9. The maximum absolute atomic E-state index is 14.9. The molecule has 5 unspecified atom stereocenters. The highest BCUT2D eigenvalue weighted by molar-refractivity contribution is 8.00. The van der Waals surface area contributed by atoms with Crippen molar-refractivity contribution in [1.29, 1.82) is 0 Å². The summed E-state index contributed by atoms with van der Waals surface area (Å²) in [5.41, 5.74) is 6.73. The molecular weight excluding hydrogens is 1170 g/mol. The van der Waals surface area contributed by atoms with Gasteiger partial charge in [-0.15, -0.1) is 11.8 Å². The van der Waals surface area contributed by atoms with E-state index in [1.807, 2.05) is 18.2 Å². The molecule has 1 fully saturated rings. The third-order valence-electron chi connectivity index (χ3n) is 14.3. The third kappa shape index (κ3) is 19.5. The van der Waals surface area contributed by atoms with Crippen LogP contribution in [0.15, 0.2) is 107 Å². The highest BCUT2D eigenvalue weighted by atomic mass is 32.2.